The van der Waals surface area contributed by atoms with Gasteiger partial charge in [-0.25, -0.2) is 0 Å². The van der Waals surface area contributed by atoms with Gasteiger partial charge in [-0.05, 0) is 6.07 Å². The van der Waals surface area contributed by atoms with Crippen molar-refractivity contribution in [3.63, 3.8) is 0 Å². The maximum Gasteiger partial charge on any atom is 0.335 e. The van der Waals surface area contributed by atoms with Crippen LogP contribution in [0.4, 0.5) is 5.69 Å². The van der Waals surface area contributed by atoms with Gasteiger partial charge < -0.3 is 15.2 Å². The molecular formula is C18H13N3O4. The predicted molar refractivity (Wildman–Crippen MR) is 91.5 cm³/mol. The average Bonchev–Trinajstić information content (AvgIpc) is 2.95. The van der Waals surface area contributed by atoms with Gasteiger partial charge in [0.1, 0.15) is 5.76 Å². The number of ketones is 1. The summed E-state index contributed by atoms with van der Waals surface area (Å²) in [5.74, 6) is -2.78. The molecule has 7 nitrogen and oxygen atoms in total. The third kappa shape index (κ3) is 3.45. The van der Waals surface area contributed by atoms with Crippen molar-refractivity contribution < 1.29 is 19.8 Å². The largest absolute Gasteiger partial charge is 0.507 e. The standard InChI is InChI=1S/C18H13N3O4/c22-14(11-6-2-1-3-7-11)10-15(23)17(24)21-20-16-12-8-4-5-9-13(12)19-18(16)25/h1-10,19,22,25H/b14-10-,21-20?. The maximum absolute atomic E-state index is 11.8. The highest BCUT2D eigenvalue weighted by Crippen LogP contribution is 2.35. The van der Waals surface area contributed by atoms with E-state index >= 15 is 0 Å². The van der Waals surface area contributed by atoms with Gasteiger partial charge in [0.15, 0.2) is 5.69 Å². The van der Waals surface area contributed by atoms with Gasteiger partial charge in [0.25, 0.3) is 5.78 Å². The van der Waals surface area contributed by atoms with Crippen molar-refractivity contribution in [3.05, 3.63) is 66.2 Å². The summed E-state index contributed by atoms with van der Waals surface area (Å²) < 4.78 is 0. The lowest BCUT2D eigenvalue weighted by Gasteiger charge is -1.97. The molecule has 1 heterocycles. The number of azo groups is 1. The number of aliphatic hydroxyl groups excluding tert-OH is 1. The summed E-state index contributed by atoms with van der Waals surface area (Å²) >= 11 is 0. The van der Waals surface area contributed by atoms with Crippen LogP contribution < -0.4 is 0 Å². The number of rotatable bonds is 4. The molecule has 0 saturated heterocycles. The molecule has 7 heteroatoms. The zero-order valence-corrected chi connectivity index (χ0v) is 12.9. The number of aromatic amines is 1. The predicted octanol–water partition coefficient (Wildman–Crippen LogP) is 3.65. The van der Waals surface area contributed by atoms with E-state index in [4.69, 9.17) is 0 Å². The molecule has 25 heavy (non-hydrogen) atoms. The molecule has 0 saturated carbocycles. The summed E-state index contributed by atoms with van der Waals surface area (Å²) in [7, 11) is 0. The Labute approximate surface area is 142 Å². The van der Waals surface area contributed by atoms with Gasteiger partial charge in [0, 0.05) is 17.0 Å². The van der Waals surface area contributed by atoms with Crippen molar-refractivity contribution in [2.45, 2.75) is 0 Å². The highest BCUT2D eigenvalue weighted by Gasteiger charge is 2.14. The van der Waals surface area contributed by atoms with E-state index in [1.165, 1.54) is 0 Å². The number of carbonyl (C=O) groups is 2. The van der Waals surface area contributed by atoms with Gasteiger partial charge in [-0.15, -0.1) is 10.2 Å². The Bertz CT molecular complexity index is 1000. The molecule has 0 bridgehead atoms. The molecule has 0 radical (unpaired) electrons. The summed E-state index contributed by atoms with van der Waals surface area (Å²) in [6.07, 6.45) is 0.784. The molecule has 0 atom stereocenters. The number of amides is 1. The van der Waals surface area contributed by atoms with Crippen LogP contribution in [0.1, 0.15) is 5.56 Å². The lowest BCUT2D eigenvalue weighted by Crippen LogP contribution is -2.07. The topological polar surface area (TPSA) is 115 Å². The second-order valence-electron chi connectivity index (χ2n) is 5.13. The second-order valence-corrected chi connectivity index (χ2v) is 5.13. The van der Waals surface area contributed by atoms with E-state index in [-0.39, 0.29) is 17.3 Å². The van der Waals surface area contributed by atoms with Gasteiger partial charge in [-0.2, -0.15) is 0 Å². The summed E-state index contributed by atoms with van der Waals surface area (Å²) in [5.41, 5.74) is 1.08. The van der Waals surface area contributed by atoms with Crippen LogP contribution in [0.5, 0.6) is 5.88 Å². The average molecular weight is 335 g/mol. The number of benzene rings is 2. The molecule has 1 amide bonds. The number of carbonyl (C=O) groups excluding carboxylic acids is 2. The summed E-state index contributed by atoms with van der Waals surface area (Å²) in [6.45, 7) is 0. The first-order valence-corrected chi connectivity index (χ1v) is 7.32. The number of H-pyrrole nitrogens is 1. The van der Waals surface area contributed by atoms with Crippen LogP contribution in [0.25, 0.3) is 16.7 Å². The molecule has 0 unspecified atom stereocenters. The fourth-order valence-electron chi connectivity index (χ4n) is 2.24. The number of fused-ring (bicyclic) bond motifs is 1. The minimum absolute atomic E-state index is 0.0630. The molecule has 3 aromatic rings. The highest BCUT2D eigenvalue weighted by atomic mass is 16.3. The Hall–Kier alpha value is -3.74. The van der Waals surface area contributed by atoms with Crippen molar-refractivity contribution in [3.8, 4) is 5.88 Å². The highest BCUT2D eigenvalue weighted by molar-refractivity contribution is 6.41. The van der Waals surface area contributed by atoms with Crippen LogP contribution in [-0.2, 0) is 9.59 Å². The van der Waals surface area contributed by atoms with Gasteiger partial charge in [-0.1, -0.05) is 48.5 Å². The number of aromatic nitrogens is 1. The smallest absolute Gasteiger partial charge is 0.335 e. The van der Waals surface area contributed by atoms with Crippen LogP contribution >= 0.6 is 0 Å². The third-order valence-electron chi connectivity index (χ3n) is 3.45. The Kier molecular flexibility index (Phi) is 4.38. The number of hydrogen-bond donors (Lipinski definition) is 3. The van der Waals surface area contributed by atoms with Crippen molar-refractivity contribution in [1.82, 2.24) is 4.98 Å². The van der Waals surface area contributed by atoms with E-state index in [1.54, 1.807) is 54.6 Å². The van der Waals surface area contributed by atoms with E-state index in [9.17, 15) is 19.8 Å². The molecule has 0 aliphatic rings. The molecule has 0 aliphatic heterocycles. The molecule has 2 aromatic carbocycles. The Balaban J connectivity index is 1.80. The zero-order valence-electron chi connectivity index (χ0n) is 12.9. The molecule has 1 aromatic heterocycles. The molecule has 3 N–H and O–H groups in total. The fourth-order valence-corrected chi connectivity index (χ4v) is 2.24. The van der Waals surface area contributed by atoms with Crippen LogP contribution in [0, 0.1) is 0 Å². The lowest BCUT2D eigenvalue weighted by molar-refractivity contribution is -0.133. The zero-order chi connectivity index (χ0) is 17.8. The first-order chi connectivity index (χ1) is 12.1. The van der Waals surface area contributed by atoms with Gasteiger partial charge >= 0.3 is 5.91 Å². The van der Waals surface area contributed by atoms with Crippen LogP contribution in [-0.4, -0.2) is 26.9 Å². The van der Waals surface area contributed by atoms with Crippen molar-refractivity contribution >= 4 is 34.0 Å². The summed E-state index contributed by atoms with van der Waals surface area (Å²) in [5, 5.41) is 27.2. The first-order valence-electron chi connectivity index (χ1n) is 7.32. The van der Waals surface area contributed by atoms with E-state index in [2.05, 4.69) is 15.2 Å². The van der Waals surface area contributed by atoms with Crippen molar-refractivity contribution in [2.24, 2.45) is 10.2 Å². The van der Waals surface area contributed by atoms with Crippen LogP contribution in [0.3, 0.4) is 0 Å². The Morgan fingerprint density at radius 2 is 1.68 bits per heavy atom. The van der Waals surface area contributed by atoms with Crippen LogP contribution in [0.2, 0.25) is 0 Å². The summed E-state index contributed by atoms with van der Waals surface area (Å²) in [6, 6.07) is 15.2. The third-order valence-corrected chi connectivity index (χ3v) is 3.45. The van der Waals surface area contributed by atoms with Gasteiger partial charge in [0.2, 0.25) is 5.88 Å². The van der Waals surface area contributed by atoms with E-state index in [0.717, 1.165) is 6.08 Å². The Morgan fingerprint density at radius 1 is 1.00 bits per heavy atom. The number of hydrogen-bond acceptors (Lipinski definition) is 5. The Morgan fingerprint density at radius 3 is 2.44 bits per heavy atom. The molecule has 0 spiro atoms. The van der Waals surface area contributed by atoms with E-state index in [1.807, 2.05) is 0 Å². The van der Waals surface area contributed by atoms with Crippen molar-refractivity contribution in [2.75, 3.05) is 0 Å². The molecule has 0 fully saturated rings. The normalized spacial score (nSPS) is 11.9. The fraction of sp³-hybridized carbons (Fsp3) is 0. The lowest BCUT2D eigenvalue weighted by atomic mass is 10.1. The molecule has 3 rings (SSSR count). The molecule has 0 aliphatic carbocycles. The SMILES string of the molecule is O=C(/C=C(\O)c1ccccc1)C(=O)N=Nc1c(O)[nH]c2ccccc12. The van der Waals surface area contributed by atoms with Gasteiger partial charge in [0.05, 0.1) is 5.52 Å². The van der Waals surface area contributed by atoms with Gasteiger partial charge in [-0.3, -0.25) is 9.59 Å². The number of nitrogens with one attached hydrogen (secondary N) is 1. The van der Waals surface area contributed by atoms with Crippen molar-refractivity contribution in [1.29, 1.82) is 0 Å². The monoisotopic (exact) mass is 335 g/mol. The molecular weight excluding hydrogens is 322 g/mol. The minimum atomic E-state index is -1.16. The molecule has 124 valence electrons. The number of nitrogens with zero attached hydrogens (tertiary/aromatic N) is 2. The second kappa shape index (κ2) is 6.79. The number of para-hydroxylation sites is 1. The maximum atomic E-state index is 11.8. The van der Waals surface area contributed by atoms with E-state index in [0.29, 0.717) is 16.5 Å². The van der Waals surface area contributed by atoms with E-state index < -0.39 is 11.7 Å². The first kappa shape index (κ1) is 16.1. The number of aliphatic hydroxyl groups is 1. The quantitative estimate of drug-likeness (QED) is 0.292. The van der Waals surface area contributed by atoms with Crippen LogP contribution in [0.15, 0.2) is 70.9 Å². The summed E-state index contributed by atoms with van der Waals surface area (Å²) in [4.78, 5) is 26.3. The minimum Gasteiger partial charge on any atom is -0.507 e. The number of aromatic hydroxyl groups is 1.